The Balaban J connectivity index is 1.68. The third-order valence-electron chi connectivity index (χ3n) is 7.63. The molecule has 7 nitrogen and oxygen atoms in total. The van der Waals surface area contributed by atoms with Gasteiger partial charge in [-0.15, -0.1) is 0 Å². The highest BCUT2D eigenvalue weighted by Gasteiger charge is 2.33. The van der Waals surface area contributed by atoms with Gasteiger partial charge in [0.1, 0.15) is 12.6 Å². The fourth-order valence-electron chi connectivity index (χ4n) is 5.04. The molecule has 1 fully saturated rings. The lowest BCUT2D eigenvalue weighted by Crippen LogP contribution is -2.53. The maximum Gasteiger partial charge on any atom is 0.264 e. The summed E-state index contributed by atoms with van der Waals surface area (Å²) in [6.45, 7) is 5.04. The topological polar surface area (TPSA) is 86.8 Å². The van der Waals surface area contributed by atoms with Crippen LogP contribution in [0, 0.1) is 13.8 Å². The van der Waals surface area contributed by atoms with Crippen LogP contribution >= 0.6 is 11.6 Å². The van der Waals surface area contributed by atoms with Crippen LogP contribution in [0.2, 0.25) is 5.02 Å². The first-order valence-corrected chi connectivity index (χ1v) is 15.9. The number of anilines is 1. The molecule has 3 aromatic rings. The molecule has 2 amide bonds. The van der Waals surface area contributed by atoms with Gasteiger partial charge in [-0.2, -0.15) is 0 Å². The van der Waals surface area contributed by atoms with Crippen molar-refractivity contribution in [2.24, 2.45) is 0 Å². The van der Waals surface area contributed by atoms with E-state index in [9.17, 15) is 18.0 Å². The van der Waals surface area contributed by atoms with E-state index in [1.54, 1.807) is 61.5 Å². The summed E-state index contributed by atoms with van der Waals surface area (Å²) in [5.74, 6) is -0.770. The van der Waals surface area contributed by atoms with Gasteiger partial charge in [-0.25, -0.2) is 8.42 Å². The van der Waals surface area contributed by atoms with E-state index in [2.05, 4.69) is 5.32 Å². The van der Waals surface area contributed by atoms with Gasteiger partial charge < -0.3 is 10.2 Å². The van der Waals surface area contributed by atoms with Crippen LogP contribution < -0.4 is 9.62 Å². The van der Waals surface area contributed by atoms with Crippen LogP contribution in [0.25, 0.3) is 0 Å². The molecule has 4 rings (SSSR count). The summed E-state index contributed by atoms with van der Waals surface area (Å²) in [5.41, 5.74) is 2.91. The maximum atomic E-state index is 14.1. The molecular weight excluding hydrogens is 558 g/mol. The number of rotatable bonds is 10. The third-order valence-corrected chi connectivity index (χ3v) is 9.78. The smallest absolute Gasteiger partial charge is 0.264 e. The number of hydrogen-bond acceptors (Lipinski definition) is 4. The number of aryl methyl sites for hydroxylation is 2. The summed E-state index contributed by atoms with van der Waals surface area (Å²) in [4.78, 5) is 29.0. The Bertz CT molecular complexity index is 1450. The van der Waals surface area contributed by atoms with Crippen molar-refractivity contribution >= 4 is 39.1 Å². The normalized spacial score (nSPS) is 14.7. The van der Waals surface area contributed by atoms with E-state index < -0.39 is 28.5 Å². The molecule has 1 atom stereocenters. The molecule has 0 heterocycles. The summed E-state index contributed by atoms with van der Waals surface area (Å²) < 4.78 is 29.0. The second-order valence-electron chi connectivity index (χ2n) is 10.8. The Morgan fingerprint density at radius 2 is 1.49 bits per heavy atom. The number of halogens is 1. The van der Waals surface area contributed by atoms with Gasteiger partial charge in [-0.3, -0.25) is 13.9 Å². The molecule has 1 aliphatic carbocycles. The predicted octanol–water partition coefficient (Wildman–Crippen LogP) is 6.02. The molecule has 3 aromatic carbocycles. The van der Waals surface area contributed by atoms with E-state index in [0.717, 1.165) is 47.5 Å². The zero-order valence-electron chi connectivity index (χ0n) is 23.8. The number of sulfonamides is 1. The molecule has 0 aliphatic heterocycles. The third kappa shape index (κ3) is 7.68. The SMILES string of the molecule is Cc1ccc(N(CC(=O)N(Cc2ccccc2Cl)[C@H](C)C(=O)NC2CCCCC2)S(=O)(=O)c2ccc(C)cc2)cc1. The highest BCUT2D eigenvalue weighted by molar-refractivity contribution is 7.92. The van der Waals surface area contributed by atoms with Gasteiger partial charge in [0, 0.05) is 17.6 Å². The maximum absolute atomic E-state index is 14.1. The van der Waals surface area contributed by atoms with Crippen LogP contribution in [0.4, 0.5) is 5.69 Å². The minimum atomic E-state index is -4.10. The first-order chi connectivity index (χ1) is 19.6. The predicted molar refractivity (Wildman–Crippen MR) is 163 cm³/mol. The van der Waals surface area contributed by atoms with Crippen LogP contribution in [0.1, 0.15) is 55.7 Å². The Kier molecular flexibility index (Phi) is 10.1. The zero-order valence-corrected chi connectivity index (χ0v) is 25.4. The monoisotopic (exact) mass is 595 g/mol. The molecule has 1 N–H and O–H groups in total. The Labute approximate surface area is 248 Å². The number of carbonyl (C=O) groups excluding carboxylic acids is 2. The average molecular weight is 596 g/mol. The second kappa shape index (κ2) is 13.5. The Morgan fingerprint density at radius 1 is 0.902 bits per heavy atom. The molecule has 9 heteroatoms. The van der Waals surface area contributed by atoms with Gasteiger partial charge in [-0.05, 0) is 69.5 Å². The molecule has 218 valence electrons. The van der Waals surface area contributed by atoms with Crippen molar-refractivity contribution in [3.63, 3.8) is 0 Å². The lowest BCUT2D eigenvalue weighted by molar-refractivity contribution is -0.139. The minimum absolute atomic E-state index is 0.0596. The van der Waals surface area contributed by atoms with Crippen molar-refractivity contribution in [2.45, 2.75) is 76.4 Å². The number of carbonyl (C=O) groups is 2. The van der Waals surface area contributed by atoms with Gasteiger partial charge in [0.05, 0.1) is 10.6 Å². The minimum Gasteiger partial charge on any atom is -0.352 e. The van der Waals surface area contributed by atoms with Gasteiger partial charge in [0.25, 0.3) is 10.0 Å². The number of benzene rings is 3. The largest absolute Gasteiger partial charge is 0.352 e. The Morgan fingerprint density at radius 3 is 2.10 bits per heavy atom. The van der Waals surface area contributed by atoms with Gasteiger partial charge in [0.15, 0.2) is 0 Å². The van der Waals surface area contributed by atoms with Gasteiger partial charge >= 0.3 is 0 Å². The lowest BCUT2D eigenvalue weighted by Gasteiger charge is -2.33. The van der Waals surface area contributed by atoms with E-state index in [1.807, 2.05) is 19.9 Å². The molecule has 1 aliphatic rings. The van der Waals surface area contributed by atoms with Crippen molar-refractivity contribution < 1.29 is 18.0 Å². The van der Waals surface area contributed by atoms with Crippen LogP contribution in [0.5, 0.6) is 0 Å². The molecule has 0 bridgehead atoms. The Hall–Kier alpha value is -3.36. The van der Waals surface area contributed by atoms with Crippen molar-refractivity contribution in [1.29, 1.82) is 0 Å². The summed E-state index contributed by atoms with van der Waals surface area (Å²) in [6, 6.07) is 19.9. The number of nitrogens with zero attached hydrogens (tertiary/aromatic N) is 2. The molecule has 1 saturated carbocycles. The first-order valence-electron chi connectivity index (χ1n) is 14.1. The molecule has 0 aromatic heterocycles. The van der Waals surface area contributed by atoms with E-state index in [0.29, 0.717) is 16.3 Å². The fraction of sp³-hybridized carbons (Fsp3) is 0.375. The summed E-state index contributed by atoms with van der Waals surface area (Å²) in [7, 11) is -4.10. The molecule has 0 saturated heterocycles. The van der Waals surface area contributed by atoms with Crippen LogP contribution in [-0.4, -0.2) is 43.8 Å². The summed E-state index contributed by atoms with van der Waals surface area (Å²) in [6.07, 6.45) is 5.09. The van der Waals surface area contributed by atoms with Gasteiger partial charge in [0.2, 0.25) is 11.8 Å². The molecule has 0 spiro atoms. The average Bonchev–Trinajstić information content (AvgIpc) is 2.96. The second-order valence-corrected chi connectivity index (χ2v) is 13.1. The van der Waals surface area contributed by atoms with E-state index in [-0.39, 0.29) is 23.4 Å². The molecule has 41 heavy (non-hydrogen) atoms. The van der Waals surface area contributed by atoms with E-state index >= 15 is 0 Å². The summed E-state index contributed by atoms with van der Waals surface area (Å²) in [5, 5.41) is 3.57. The summed E-state index contributed by atoms with van der Waals surface area (Å²) >= 11 is 6.45. The quantitative estimate of drug-likeness (QED) is 0.311. The molecule has 0 unspecified atom stereocenters. The number of nitrogens with one attached hydrogen (secondary N) is 1. The van der Waals surface area contributed by atoms with Crippen LogP contribution in [0.3, 0.4) is 0 Å². The number of amides is 2. The van der Waals surface area contributed by atoms with E-state index in [1.165, 1.54) is 17.0 Å². The first kappa shape index (κ1) is 30.6. The van der Waals surface area contributed by atoms with E-state index in [4.69, 9.17) is 11.6 Å². The molecular formula is C32H38ClN3O4S. The molecule has 0 radical (unpaired) electrons. The van der Waals surface area contributed by atoms with Crippen LogP contribution in [0.15, 0.2) is 77.7 Å². The highest BCUT2D eigenvalue weighted by atomic mass is 35.5. The van der Waals surface area contributed by atoms with Gasteiger partial charge in [-0.1, -0.05) is 84.5 Å². The number of hydrogen-bond donors (Lipinski definition) is 1. The lowest BCUT2D eigenvalue weighted by atomic mass is 9.95. The standard InChI is InChI=1S/C32H38ClN3O4S/c1-23-13-17-28(18-14-23)36(41(39,40)29-19-15-24(2)16-20-29)22-31(37)35(21-26-9-7-8-12-30(26)33)25(3)32(38)34-27-10-5-4-6-11-27/h7-9,12-20,25,27H,4-6,10-11,21-22H2,1-3H3,(H,34,38)/t25-/m1/s1. The van der Waals surface area contributed by atoms with Crippen molar-refractivity contribution in [3.05, 3.63) is 94.5 Å². The zero-order chi connectivity index (χ0) is 29.6. The fourth-order valence-corrected chi connectivity index (χ4v) is 6.65. The highest BCUT2D eigenvalue weighted by Crippen LogP contribution is 2.26. The van der Waals surface area contributed by atoms with Crippen molar-refractivity contribution in [3.8, 4) is 0 Å². The van der Waals surface area contributed by atoms with Crippen molar-refractivity contribution in [2.75, 3.05) is 10.8 Å². The van der Waals surface area contributed by atoms with Crippen molar-refractivity contribution in [1.82, 2.24) is 10.2 Å². The van der Waals surface area contributed by atoms with Crippen LogP contribution in [-0.2, 0) is 26.2 Å².